The van der Waals surface area contributed by atoms with Crippen molar-refractivity contribution in [2.45, 2.75) is 25.9 Å². The van der Waals surface area contributed by atoms with Gasteiger partial charge >= 0.3 is 0 Å². The highest BCUT2D eigenvalue weighted by Crippen LogP contribution is 2.15. The van der Waals surface area contributed by atoms with E-state index < -0.39 is 0 Å². The quantitative estimate of drug-likeness (QED) is 0.803. The van der Waals surface area contributed by atoms with Crippen LogP contribution in [0.2, 0.25) is 5.28 Å². The predicted molar refractivity (Wildman–Crippen MR) is 59.2 cm³/mol. The molecule has 0 unspecified atom stereocenters. The molecule has 0 amide bonds. The Labute approximate surface area is 94.0 Å². The molecule has 0 radical (unpaired) electrons. The van der Waals surface area contributed by atoms with Crippen molar-refractivity contribution >= 4 is 17.4 Å². The number of nitrogens with one attached hydrogen (secondary N) is 1. The van der Waals surface area contributed by atoms with Gasteiger partial charge in [-0.05, 0) is 31.4 Å². The van der Waals surface area contributed by atoms with Gasteiger partial charge in [-0.3, -0.25) is 0 Å². The highest BCUT2D eigenvalue weighted by atomic mass is 35.5. The van der Waals surface area contributed by atoms with E-state index in [9.17, 15) is 0 Å². The molecule has 0 bridgehead atoms. The van der Waals surface area contributed by atoms with Gasteiger partial charge in [0, 0.05) is 24.9 Å². The number of hydrogen-bond acceptors (Lipinski definition) is 4. The first kappa shape index (κ1) is 10.6. The molecular weight excluding hydrogens is 214 g/mol. The summed E-state index contributed by atoms with van der Waals surface area (Å²) < 4.78 is 5.51. The van der Waals surface area contributed by atoms with Gasteiger partial charge in [-0.2, -0.15) is 0 Å². The number of ether oxygens (including phenoxy) is 1. The number of anilines is 1. The van der Waals surface area contributed by atoms with Crippen molar-refractivity contribution < 1.29 is 4.74 Å². The first-order valence-corrected chi connectivity index (χ1v) is 5.48. The van der Waals surface area contributed by atoms with Gasteiger partial charge in [-0.25, -0.2) is 9.97 Å². The van der Waals surface area contributed by atoms with E-state index in [4.69, 9.17) is 16.3 Å². The van der Waals surface area contributed by atoms with Crippen LogP contribution in [0.3, 0.4) is 0 Å². The molecule has 4 nitrogen and oxygen atoms in total. The minimum atomic E-state index is 0.274. The van der Waals surface area contributed by atoms with E-state index in [1.54, 1.807) is 6.20 Å². The molecule has 1 N–H and O–H groups in total. The van der Waals surface area contributed by atoms with E-state index in [1.165, 1.54) is 0 Å². The normalized spacial score (nSPS) is 20.5. The molecular formula is C10H14ClN3O. The summed E-state index contributed by atoms with van der Waals surface area (Å²) in [5, 5.41) is 3.51. The number of halogens is 1. The predicted octanol–water partition coefficient (Wildman–Crippen LogP) is 2.03. The summed E-state index contributed by atoms with van der Waals surface area (Å²) in [5.41, 5.74) is 0.998. The van der Waals surface area contributed by atoms with Crippen LogP contribution in [0.4, 0.5) is 5.82 Å². The summed E-state index contributed by atoms with van der Waals surface area (Å²) >= 11 is 5.72. The van der Waals surface area contributed by atoms with Gasteiger partial charge in [-0.1, -0.05) is 0 Å². The van der Waals surface area contributed by atoms with Crippen molar-refractivity contribution in [3.63, 3.8) is 0 Å². The fraction of sp³-hybridized carbons (Fsp3) is 0.600. The molecule has 82 valence electrons. The van der Waals surface area contributed by atoms with Crippen LogP contribution in [-0.2, 0) is 4.74 Å². The van der Waals surface area contributed by atoms with Crippen molar-refractivity contribution in [3.8, 4) is 0 Å². The van der Waals surface area contributed by atoms with E-state index in [1.807, 2.05) is 6.92 Å². The molecule has 1 fully saturated rings. The van der Waals surface area contributed by atoms with Crippen LogP contribution in [0.15, 0.2) is 6.20 Å². The van der Waals surface area contributed by atoms with Crippen molar-refractivity contribution in [1.82, 2.24) is 9.97 Å². The van der Waals surface area contributed by atoms with E-state index in [0.717, 1.165) is 37.4 Å². The maximum Gasteiger partial charge on any atom is 0.224 e. The standard InChI is InChI=1S/C10H14ClN3O/c1-7-5-13-10(11)14-9(7)12-6-8-3-2-4-15-8/h5,8H,2-4,6H2,1H3,(H,12,13,14)/t8-/m0/s1. The Balaban J connectivity index is 1.94. The fourth-order valence-electron chi connectivity index (χ4n) is 1.62. The Morgan fingerprint density at radius 3 is 3.27 bits per heavy atom. The number of nitrogens with zero attached hydrogens (tertiary/aromatic N) is 2. The third-order valence-corrected chi connectivity index (χ3v) is 2.65. The number of hydrogen-bond donors (Lipinski definition) is 1. The van der Waals surface area contributed by atoms with E-state index in [-0.39, 0.29) is 5.28 Å². The second-order valence-corrected chi connectivity index (χ2v) is 4.02. The Kier molecular flexibility index (Phi) is 3.38. The summed E-state index contributed by atoms with van der Waals surface area (Å²) in [4.78, 5) is 8.02. The molecule has 0 spiro atoms. The topological polar surface area (TPSA) is 47.0 Å². The average molecular weight is 228 g/mol. The van der Waals surface area contributed by atoms with Crippen molar-refractivity contribution in [1.29, 1.82) is 0 Å². The molecule has 1 atom stereocenters. The lowest BCUT2D eigenvalue weighted by Crippen LogP contribution is -2.19. The number of aryl methyl sites for hydroxylation is 1. The molecule has 1 saturated heterocycles. The second kappa shape index (κ2) is 4.77. The zero-order chi connectivity index (χ0) is 10.7. The molecule has 1 aliphatic heterocycles. The molecule has 0 aliphatic carbocycles. The summed E-state index contributed by atoms with van der Waals surface area (Å²) in [5.74, 6) is 0.797. The lowest BCUT2D eigenvalue weighted by molar-refractivity contribution is 0.120. The van der Waals surface area contributed by atoms with Crippen LogP contribution >= 0.6 is 11.6 Å². The lowest BCUT2D eigenvalue weighted by Gasteiger charge is -2.12. The highest BCUT2D eigenvalue weighted by molar-refractivity contribution is 6.28. The largest absolute Gasteiger partial charge is 0.376 e. The SMILES string of the molecule is Cc1cnc(Cl)nc1NC[C@@H]1CCCO1. The molecule has 1 aromatic heterocycles. The smallest absolute Gasteiger partial charge is 0.224 e. The van der Waals surface area contributed by atoms with Gasteiger partial charge in [0.1, 0.15) is 5.82 Å². The van der Waals surface area contributed by atoms with Crippen LogP contribution in [-0.4, -0.2) is 29.2 Å². The van der Waals surface area contributed by atoms with Crippen molar-refractivity contribution in [2.75, 3.05) is 18.5 Å². The molecule has 1 aliphatic rings. The highest BCUT2D eigenvalue weighted by Gasteiger charge is 2.15. The molecule has 0 saturated carbocycles. The lowest BCUT2D eigenvalue weighted by atomic mass is 10.2. The van der Waals surface area contributed by atoms with Crippen LogP contribution in [0, 0.1) is 6.92 Å². The minimum Gasteiger partial charge on any atom is -0.376 e. The molecule has 1 aromatic rings. The number of aromatic nitrogens is 2. The minimum absolute atomic E-state index is 0.274. The van der Waals surface area contributed by atoms with Crippen molar-refractivity contribution in [3.05, 3.63) is 17.0 Å². The molecule has 0 aromatic carbocycles. The maximum atomic E-state index is 5.72. The van der Waals surface area contributed by atoms with Gasteiger partial charge in [-0.15, -0.1) is 0 Å². The zero-order valence-electron chi connectivity index (χ0n) is 8.66. The van der Waals surface area contributed by atoms with Gasteiger partial charge in [0.15, 0.2) is 0 Å². The summed E-state index contributed by atoms with van der Waals surface area (Å²) in [6.45, 7) is 3.61. The second-order valence-electron chi connectivity index (χ2n) is 3.69. The van der Waals surface area contributed by atoms with Gasteiger partial charge in [0.05, 0.1) is 6.10 Å². The third-order valence-electron chi connectivity index (χ3n) is 2.46. The molecule has 2 rings (SSSR count). The van der Waals surface area contributed by atoms with Crippen LogP contribution in [0.5, 0.6) is 0 Å². The van der Waals surface area contributed by atoms with Crippen molar-refractivity contribution in [2.24, 2.45) is 0 Å². The Hall–Kier alpha value is -0.870. The van der Waals surface area contributed by atoms with E-state index in [0.29, 0.717) is 6.10 Å². The van der Waals surface area contributed by atoms with Gasteiger partial charge in [0.25, 0.3) is 0 Å². The summed E-state index contributed by atoms with van der Waals surface area (Å²) in [7, 11) is 0. The average Bonchev–Trinajstić information content (AvgIpc) is 2.72. The maximum absolute atomic E-state index is 5.72. The molecule has 2 heterocycles. The van der Waals surface area contributed by atoms with Crippen LogP contribution < -0.4 is 5.32 Å². The van der Waals surface area contributed by atoms with E-state index >= 15 is 0 Å². The van der Waals surface area contributed by atoms with E-state index in [2.05, 4.69) is 15.3 Å². The van der Waals surface area contributed by atoms with Crippen LogP contribution in [0.1, 0.15) is 18.4 Å². The Morgan fingerprint density at radius 2 is 2.53 bits per heavy atom. The first-order chi connectivity index (χ1) is 7.25. The van der Waals surface area contributed by atoms with Gasteiger partial charge in [0.2, 0.25) is 5.28 Å². The third kappa shape index (κ3) is 2.79. The molecule has 15 heavy (non-hydrogen) atoms. The summed E-state index contributed by atoms with van der Waals surface area (Å²) in [6.07, 6.45) is 4.28. The monoisotopic (exact) mass is 227 g/mol. The summed E-state index contributed by atoms with van der Waals surface area (Å²) in [6, 6.07) is 0. The molecule has 5 heteroatoms. The number of rotatable bonds is 3. The Bertz CT molecular complexity index is 339. The fourth-order valence-corrected chi connectivity index (χ4v) is 1.75. The van der Waals surface area contributed by atoms with Gasteiger partial charge < -0.3 is 10.1 Å². The Morgan fingerprint density at radius 1 is 1.67 bits per heavy atom. The zero-order valence-corrected chi connectivity index (χ0v) is 9.42. The van der Waals surface area contributed by atoms with Crippen LogP contribution in [0.25, 0.3) is 0 Å². The first-order valence-electron chi connectivity index (χ1n) is 5.10.